The molecule has 1 aromatic rings. The molecular formula is C10H14F3N3O. The van der Waals surface area contributed by atoms with Gasteiger partial charge in [0.25, 0.3) is 0 Å². The van der Waals surface area contributed by atoms with Crippen molar-refractivity contribution in [2.45, 2.75) is 50.2 Å². The molecule has 2 atom stereocenters. The molecule has 1 aliphatic rings. The molecule has 0 spiro atoms. The van der Waals surface area contributed by atoms with Gasteiger partial charge in [-0.1, -0.05) is 11.6 Å². The number of halogens is 3. The molecule has 2 unspecified atom stereocenters. The molecule has 1 heterocycles. The Bertz CT molecular complexity index is 377. The third-order valence-electron chi connectivity index (χ3n) is 3.00. The first kappa shape index (κ1) is 12.3. The largest absolute Gasteiger partial charge is 0.389 e. The van der Waals surface area contributed by atoms with Crippen molar-refractivity contribution in [2.75, 3.05) is 0 Å². The summed E-state index contributed by atoms with van der Waals surface area (Å²) >= 11 is 0. The number of alkyl halides is 3. The van der Waals surface area contributed by atoms with E-state index < -0.39 is 12.6 Å². The summed E-state index contributed by atoms with van der Waals surface area (Å²) in [7, 11) is 0. The summed E-state index contributed by atoms with van der Waals surface area (Å²) in [5, 5.41) is 3.56. The summed E-state index contributed by atoms with van der Waals surface area (Å²) < 4.78 is 41.0. The first-order valence-corrected chi connectivity index (χ1v) is 5.60. The van der Waals surface area contributed by atoms with E-state index in [0.717, 1.165) is 19.3 Å². The molecule has 1 fully saturated rings. The molecule has 2 N–H and O–H groups in total. The highest BCUT2D eigenvalue weighted by Crippen LogP contribution is 2.32. The lowest BCUT2D eigenvalue weighted by molar-refractivity contribution is -0.134. The normalized spacial score (nSPS) is 25.4. The zero-order valence-corrected chi connectivity index (χ0v) is 9.20. The number of nitrogens with zero attached hydrogens (tertiary/aromatic N) is 2. The van der Waals surface area contributed by atoms with Crippen LogP contribution in [-0.4, -0.2) is 22.4 Å². The summed E-state index contributed by atoms with van der Waals surface area (Å²) in [6.45, 7) is 0. The standard InChI is InChI=1S/C10H14F3N3O/c11-10(12,13)5-4-8-15-9(17-16-8)6-2-1-3-7(6)14/h6-7H,1-5,14H2. The number of aromatic nitrogens is 2. The Morgan fingerprint density at radius 2 is 2.12 bits per heavy atom. The van der Waals surface area contributed by atoms with Crippen molar-refractivity contribution in [1.29, 1.82) is 0 Å². The second-order valence-electron chi connectivity index (χ2n) is 4.37. The second kappa shape index (κ2) is 4.64. The monoisotopic (exact) mass is 249 g/mol. The molecule has 0 bridgehead atoms. The minimum absolute atomic E-state index is 0.00198. The summed E-state index contributed by atoms with van der Waals surface area (Å²) in [4.78, 5) is 3.99. The van der Waals surface area contributed by atoms with Gasteiger partial charge in [0, 0.05) is 12.5 Å². The molecule has 0 aromatic carbocycles. The molecule has 0 radical (unpaired) electrons. The van der Waals surface area contributed by atoms with E-state index in [1.54, 1.807) is 0 Å². The smallest absolute Gasteiger partial charge is 0.339 e. The fourth-order valence-electron chi connectivity index (χ4n) is 2.07. The maximum Gasteiger partial charge on any atom is 0.389 e. The Morgan fingerprint density at radius 3 is 2.71 bits per heavy atom. The highest BCUT2D eigenvalue weighted by atomic mass is 19.4. The fourth-order valence-corrected chi connectivity index (χ4v) is 2.07. The van der Waals surface area contributed by atoms with Gasteiger partial charge in [0.1, 0.15) is 0 Å². The Balaban J connectivity index is 1.96. The molecule has 1 aromatic heterocycles. The summed E-state index contributed by atoms with van der Waals surface area (Å²) in [6, 6.07) is -0.0223. The molecule has 0 aliphatic heterocycles. The predicted molar refractivity (Wildman–Crippen MR) is 53.2 cm³/mol. The molecule has 1 saturated carbocycles. The first-order valence-electron chi connectivity index (χ1n) is 5.60. The molecule has 7 heteroatoms. The van der Waals surface area contributed by atoms with E-state index in [2.05, 4.69) is 10.1 Å². The van der Waals surface area contributed by atoms with Gasteiger partial charge in [-0.15, -0.1) is 0 Å². The van der Waals surface area contributed by atoms with Gasteiger partial charge >= 0.3 is 6.18 Å². The molecule has 17 heavy (non-hydrogen) atoms. The van der Waals surface area contributed by atoms with Crippen LogP contribution in [0.5, 0.6) is 0 Å². The quantitative estimate of drug-likeness (QED) is 0.891. The van der Waals surface area contributed by atoms with E-state index >= 15 is 0 Å². The van der Waals surface area contributed by atoms with Crippen molar-refractivity contribution >= 4 is 0 Å². The van der Waals surface area contributed by atoms with Gasteiger partial charge < -0.3 is 10.3 Å². The van der Waals surface area contributed by atoms with Crippen LogP contribution in [0.3, 0.4) is 0 Å². The van der Waals surface area contributed by atoms with E-state index in [1.165, 1.54) is 0 Å². The first-order chi connectivity index (χ1) is 7.96. The average molecular weight is 249 g/mol. The van der Waals surface area contributed by atoms with Crippen molar-refractivity contribution in [1.82, 2.24) is 10.1 Å². The van der Waals surface area contributed by atoms with Crippen LogP contribution in [0.25, 0.3) is 0 Å². The molecule has 0 amide bonds. The average Bonchev–Trinajstić information content (AvgIpc) is 2.81. The van der Waals surface area contributed by atoms with Crippen LogP contribution in [0.4, 0.5) is 13.2 Å². The van der Waals surface area contributed by atoms with Crippen molar-refractivity contribution in [3.63, 3.8) is 0 Å². The van der Waals surface area contributed by atoms with Crippen LogP contribution in [-0.2, 0) is 6.42 Å². The van der Waals surface area contributed by atoms with Gasteiger partial charge in [-0.3, -0.25) is 0 Å². The van der Waals surface area contributed by atoms with E-state index in [9.17, 15) is 13.2 Å². The zero-order valence-electron chi connectivity index (χ0n) is 9.20. The Hall–Kier alpha value is -1.11. The second-order valence-corrected chi connectivity index (χ2v) is 4.37. The van der Waals surface area contributed by atoms with E-state index in [1.807, 2.05) is 0 Å². The molecule has 1 aliphatic carbocycles. The Kier molecular flexibility index (Phi) is 3.37. The molecule has 96 valence electrons. The van der Waals surface area contributed by atoms with Gasteiger partial charge in [-0.25, -0.2) is 0 Å². The summed E-state index contributed by atoms with van der Waals surface area (Å²) in [5.41, 5.74) is 5.86. The van der Waals surface area contributed by atoms with Crippen LogP contribution >= 0.6 is 0 Å². The summed E-state index contributed by atoms with van der Waals surface area (Å²) in [6.07, 6.45) is -2.61. The third kappa shape index (κ3) is 3.18. The number of hydrogen-bond donors (Lipinski definition) is 1. The zero-order chi connectivity index (χ0) is 12.5. The number of nitrogens with two attached hydrogens (primary N) is 1. The van der Waals surface area contributed by atoms with Crippen molar-refractivity contribution < 1.29 is 17.7 Å². The van der Waals surface area contributed by atoms with Gasteiger partial charge in [-0.2, -0.15) is 18.2 Å². The number of hydrogen-bond acceptors (Lipinski definition) is 4. The molecule has 2 rings (SSSR count). The fraction of sp³-hybridized carbons (Fsp3) is 0.800. The van der Waals surface area contributed by atoms with Crippen molar-refractivity contribution in [3.05, 3.63) is 11.7 Å². The maximum atomic E-state index is 12.0. The van der Waals surface area contributed by atoms with Gasteiger partial charge in [0.05, 0.1) is 12.3 Å². The van der Waals surface area contributed by atoms with E-state index in [0.29, 0.717) is 5.89 Å². The topological polar surface area (TPSA) is 64.9 Å². The Labute approximate surface area is 96.4 Å². The maximum absolute atomic E-state index is 12.0. The van der Waals surface area contributed by atoms with Gasteiger partial charge in [0.15, 0.2) is 5.82 Å². The lowest BCUT2D eigenvalue weighted by Gasteiger charge is -2.08. The highest BCUT2D eigenvalue weighted by Gasteiger charge is 2.31. The van der Waals surface area contributed by atoms with Crippen molar-refractivity contribution in [3.8, 4) is 0 Å². The van der Waals surface area contributed by atoms with Crippen LogP contribution in [0.1, 0.15) is 43.3 Å². The van der Waals surface area contributed by atoms with Gasteiger partial charge in [0.2, 0.25) is 5.89 Å². The summed E-state index contributed by atoms with van der Waals surface area (Å²) in [5.74, 6) is 0.491. The SMILES string of the molecule is NC1CCCC1c1nc(CCC(F)(F)F)no1. The molecule has 0 saturated heterocycles. The van der Waals surface area contributed by atoms with Crippen LogP contribution in [0.15, 0.2) is 4.52 Å². The molecule has 4 nitrogen and oxygen atoms in total. The third-order valence-corrected chi connectivity index (χ3v) is 3.00. The van der Waals surface area contributed by atoms with Crippen LogP contribution in [0.2, 0.25) is 0 Å². The van der Waals surface area contributed by atoms with Crippen LogP contribution in [0, 0.1) is 0 Å². The lowest BCUT2D eigenvalue weighted by Crippen LogP contribution is -2.22. The van der Waals surface area contributed by atoms with Gasteiger partial charge in [-0.05, 0) is 12.8 Å². The van der Waals surface area contributed by atoms with Crippen molar-refractivity contribution in [2.24, 2.45) is 5.73 Å². The van der Waals surface area contributed by atoms with Crippen LogP contribution < -0.4 is 5.73 Å². The Morgan fingerprint density at radius 1 is 1.35 bits per heavy atom. The minimum atomic E-state index is -4.19. The predicted octanol–water partition coefficient (Wildman–Crippen LogP) is 2.16. The number of aryl methyl sites for hydroxylation is 1. The minimum Gasteiger partial charge on any atom is -0.339 e. The number of rotatable bonds is 3. The van der Waals surface area contributed by atoms with E-state index in [4.69, 9.17) is 10.3 Å². The highest BCUT2D eigenvalue weighted by molar-refractivity contribution is 5.02. The lowest BCUT2D eigenvalue weighted by atomic mass is 10.1. The van der Waals surface area contributed by atoms with E-state index in [-0.39, 0.29) is 24.2 Å². The molecular weight excluding hydrogens is 235 g/mol.